The molecule has 0 bridgehead atoms. The topological polar surface area (TPSA) is 54.3 Å². The van der Waals surface area contributed by atoms with Crippen LogP contribution in [0.3, 0.4) is 0 Å². The first kappa shape index (κ1) is 22.2. The molecular weight excluding hydrogens is 430 g/mol. The van der Waals surface area contributed by atoms with Gasteiger partial charge < -0.3 is 14.8 Å². The highest BCUT2D eigenvalue weighted by atomic mass is 32.1. The Bertz CT molecular complexity index is 1190. The molecule has 1 aliphatic carbocycles. The lowest BCUT2D eigenvalue weighted by molar-refractivity contribution is -0.134. The predicted molar refractivity (Wildman–Crippen MR) is 134 cm³/mol. The zero-order valence-electron chi connectivity index (χ0n) is 19.8. The molecule has 0 spiro atoms. The summed E-state index contributed by atoms with van der Waals surface area (Å²) in [5, 5.41) is 3.32. The minimum absolute atomic E-state index is 0.0340. The number of aromatic nitrogens is 1. The van der Waals surface area contributed by atoms with Gasteiger partial charge in [0.15, 0.2) is 0 Å². The molecule has 2 aromatic heterocycles. The van der Waals surface area contributed by atoms with E-state index in [1.54, 1.807) is 16.2 Å². The van der Waals surface area contributed by atoms with E-state index in [0.717, 1.165) is 47.9 Å². The number of nitrogens with zero attached hydrogens (tertiary/aromatic N) is 2. The number of hydrogen-bond acceptors (Lipinski definition) is 3. The molecule has 2 amide bonds. The van der Waals surface area contributed by atoms with Crippen LogP contribution in [0, 0.1) is 6.92 Å². The average Bonchev–Trinajstić information content (AvgIpc) is 3.37. The summed E-state index contributed by atoms with van der Waals surface area (Å²) in [6.45, 7) is 7.05. The fourth-order valence-corrected chi connectivity index (χ4v) is 6.32. The Labute approximate surface area is 199 Å². The Kier molecular flexibility index (Phi) is 5.81. The third-order valence-corrected chi connectivity index (χ3v) is 8.62. The van der Waals surface area contributed by atoms with Crippen molar-refractivity contribution in [2.24, 2.45) is 0 Å². The summed E-state index contributed by atoms with van der Waals surface area (Å²) in [6.07, 6.45) is 6.58. The summed E-state index contributed by atoms with van der Waals surface area (Å²) >= 11 is 1.74. The monoisotopic (exact) mass is 463 g/mol. The molecule has 1 aliphatic heterocycles. The number of aryl methyl sites for hydroxylation is 2. The van der Waals surface area contributed by atoms with Crippen LogP contribution >= 0.6 is 11.3 Å². The van der Waals surface area contributed by atoms with Crippen molar-refractivity contribution in [2.45, 2.75) is 84.0 Å². The fourth-order valence-electron chi connectivity index (χ4n) is 5.27. The van der Waals surface area contributed by atoms with E-state index in [4.69, 9.17) is 0 Å². The van der Waals surface area contributed by atoms with Gasteiger partial charge >= 0.3 is 0 Å². The predicted octanol–water partition coefficient (Wildman–Crippen LogP) is 5.44. The van der Waals surface area contributed by atoms with E-state index in [2.05, 4.69) is 54.1 Å². The highest BCUT2D eigenvalue weighted by Gasteiger charge is 2.48. The Morgan fingerprint density at radius 1 is 1.15 bits per heavy atom. The van der Waals surface area contributed by atoms with Crippen molar-refractivity contribution in [1.82, 2.24) is 14.8 Å². The number of carbonyl (C=O) groups excluding carboxylic acids is 2. The Morgan fingerprint density at radius 3 is 2.58 bits per heavy atom. The smallest absolute Gasteiger partial charge is 0.271 e. The highest BCUT2D eigenvalue weighted by molar-refractivity contribution is 7.19. The van der Waals surface area contributed by atoms with Crippen LogP contribution in [0.5, 0.6) is 0 Å². The van der Waals surface area contributed by atoms with Gasteiger partial charge in [-0.3, -0.25) is 9.59 Å². The van der Waals surface area contributed by atoms with Crippen molar-refractivity contribution < 1.29 is 9.59 Å². The Hall–Kier alpha value is -2.60. The van der Waals surface area contributed by atoms with Crippen LogP contribution in [0.2, 0.25) is 0 Å². The molecule has 2 aliphatic rings. The Balaban J connectivity index is 1.54. The third-order valence-electron chi connectivity index (χ3n) is 7.41. The fraction of sp³-hybridized carbons (Fsp3) is 0.481. The molecule has 1 N–H and O–H groups in total. The molecule has 3 heterocycles. The molecule has 1 atom stereocenters. The van der Waals surface area contributed by atoms with Crippen molar-refractivity contribution in [3.63, 3.8) is 0 Å². The van der Waals surface area contributed by atoms with Crippen molar-refractivity contribution in [2.75, 3.05) is 0 Å². The second-order valence-corrected chi connectivity index (χ2v) is 11.1. The first-order valence-electron chi connectivity index (χ1n) is 12.2. The lowest BCUT2D eigenvalue weighted by Gasteiger charge is -2.45. The molecule has 1 unspecified atom stereocenters. The maximum absolute atomic E-state index is 13.9. The van der Waals surface area contributed by atoms with Crippen LogP contribution in [0.15, 0.2) is 36.4 Å². The van der Waals surface area contributed by atoms with E-state index in [9.17, 15) is 9.59 Å². The molecule has 33 heavy (non-hydrogen) atoms. The van der Waals surface area contributed by atoms with E-state index in [0.29, 0.717) is 18.8 Å². The number of carbonyl (C=O) groups is 2. The van der Waals surface area contributed by atoms with Gasteiger partial charge in [-0.05, 0) is 50.8 Å². The highest BCUT2D eigenvalue weighted by Crippen LogP contribution is 2.37. The standard InChI is InChI=1S/C27H33N3O2S/c1-4-21-14-22-24(33-21)15-23-25(31)30(16-19-12-10-18(2)11-13-19)27(3,17-29(22)23)26(32)28-20-8-6-5-7-9-20/h10-15,20H,4-9,16-17H2,1-3H3,(H,28,32). The molecule has 0 radical (unpaired) electrons. The van der Waals surface area contributed by atoms with Gasteiger partial charge in [-0.1, -0.05) is 56.0 Å². The summed E-state index contributed by atoms with van der Waals surface area (Å²) in [5.74, 6) is -0.0992. The zero-order chi connectivity index (χ0) is 23.2. The molecule has 1 saturated carbocycles. The normalized spacial score (nSPS) is 21.4. The van der Waals surface area contributed by atoms with Crippen molar-refractivity contribution in [1.29, 1.82) is 0 Å². The Morgan fingerprint density at radius 2 is 1.88 bits per heavy atom. The average molecular weight is 464 g/mol. The molecule has 174 valence electrons. The molecule has 0 saturated heterocycles. The number of nitrogens with one attached hydrogen (secondary N) is 1. The maximum atomic E-state index is 13.9. The van der Waals surface area contributed by atoms with E-state index in [1.165, 1.54) is 16.9 Å². The summed E-state index contributed by atoms with van der Waals surface area (Å²) in [7, 11) is 0. The summed E-state index contributed by atoms with van der Waals surface area (Å²) in [6, 6.07) is 12.7. The maximum Gasteiger partial charge on any atom is 0.271 e. The molecule has 5 rings (SSSR count). The van der Waals surface area contributed by atoms with Gasteiger partial charge in [0.1, 0.15) is 11.2 Å². The van der Waals surface area contributed by atoms with Crippen LogP contribution in [-0.4, -0.2) is 32.9 Å². The van der Waals surface area contributed by atoms with Crippen LogP contribution in [0.4, 0.5) is 0 Å². The summed E-state index contributed by atoms with van der Waals surface area (Å²) in [4.78, 5) is 30.8. The number of amides is 2. The second kappa shape index (κ2) is 8.64. The van der Waals surface area contributed by atoms with Crippen LogP contribution in [-0.2, 0) is 24.3 Å². The molecule has 6 heteroatoms. The zero-order valence-corrected chi connectivity index (χ0v) is 20.6. The van der Waals surface area contributed by atoms with Crippen LogP contribution in [0.1, 0.15) is 72.4 Å². The van der Waals surface area contributed by atoms with E-state index < -0.39 is 5.54 Å². The largest absolute Gasteiger partial charge is 0.351 e. The van der Waals surface area contributed by atoms with E-state index in [1.807, 2.05) is 13.0 Å². The van der Waals surface area contributed by atoms with E-state index >= 15 is 0 Å². The first-order valence-corrected chi connectivity index (χ1v) is 13.0. The third kappa shape index (κ3) is 3.99. The van der Waals surface area contributed by atoms with Gasteiger partial charge in [-0.15, -0.1) is 11.3 Å². The molecular formula is C27H33N3O2S. The van der Waals surface area contributed by atoms with Gasteiger partial charge in [-0.2, -0.15) is 0 Å². The number of rotatable bonds is 5. The minimum Gasteiger partial charge on any atom is -0.351 e. The second-order valence-electron chi connectivity index (χ2n) is 9.89. The van der Waals surface area contributed by atoms with E-state index in [-0.39, 0.29) is 17.9 Å². The molecule has 5 nitrogen and oxygen atoms in total. The summed E-state index contributed by atoms with van der Waals surface area (Å²) in [5.41, 5.74) is 3.04. The van der Waals surface area contributed by atoms with Crippen LogP contribution < -0.4 is 5.32 Å². The quantitative estimate of drug-likeness (QED) is 0.548. The lowest BCUT2D eigenvalue weighted by atomic mass is 9.91. The lowest BCUT2D eigenvalue weighted by Crippen LogP contribution is -2.64. The number of fused-ring (bicyclic) bond motifs is 3. The number of benzene rings is 1. The van der Waals surface area contributed by atoms with Crippen LogP contribution in [0.25, 0.3) is 10.2 Å². The number of thiophene rings is 1. The first-order chi connectivity index (χ1) is 15.9. The van der Waals surface area contributed by atoms with Gasteiger partial charge in [0, 0.05) is 17.5 Å². The molecule has 3 aromatic rings. The summed E-state index contributed by atoms with van der Waals surface area (Å²) < 4.78 is 3.21. The minimum atomic E-state index is -0.952. The van der Waals surface area contributed by atoms with Crippen molar-refractivity contribution in [3.05, 3.63) is 58.1 Å². The molecule has 1 aromatic carbocycles. The van der Waals surface area contributed by atoms with Gasteiger partial charge in [0.2, 0.25) is 5.91 Å². The number of hydrogen-bond donors (Lipinski definition) is 1. The van der Waals surface area contributed by atoms with Crippen molar-refractivity contribution >= 4 is 33.4 Å². The van der Waals surface area contributed by atoms with Gasteiger partial charge in [-0.25, -0.2) is 0 Å². The molecule has 1 fully saturated rings. The SMILES string of the molecule is CCc1cc2c(cc3n2CC(C)(C(=O)NC2CCCCC2)N(Cc2ccc(C)cc2)C3=O)s1. The van der Waals surface area contributed by atoms with Crippen molar-refractivity contribution in [3.8, 4) is 0 Å². The van der Waals surface area contributed by atoms with Gasteiger partial charge in [0.25, 0.3) is 5.91 Å². The van der Waals surface area contributed by atoms with Gasteiger partial charge in [0.05, 0.1) is 16.8 Å².